The van der Waals surface area contributed by atoms with Crippen LogP contribution in [0, 0.1) is 5.92 Å². The van der Waals surface area contributed by atoms with Crippen LogP contribution >= 0.6 is 11.3 Å². The van der Waals surface area contributed by atoms with E-state index in [1.807, 2.05) is 6.92 Å². The minimum atomic E-state index is 0.0765. The third-order valence-corrected chi connectivity index (χ3v) is 4.20. The second-order valence-corrected chi connectivity index (χ2v) is 5.89. The van der Waals surface area contributed by atoms with Crippen molar-refractivity contribution in [2.75, 3.05) is 30.8 Å². The Labute approximate surface area is 119 Å². The molecule has 0 saturated heterocycles. The van der Waals surface area contributed by atoms with Crippen molar-refractivity contribution in [1.82, 2.24) is 0 Å². The average molecular weight is 284 g/mol. The molecule has 0 atom stereocenters. The van der Waals surface area contributed by atoms with Crippen LogP contribution in [0.5, 0.6) is 5.75 Å². The van der Waals surface area contributed by atoms with E-state index in [1.165, 1.54) is 11.3 Å². The second kappa shape index (κ2) is 6.80. The summed E-state index contributed by atoms with van der Waals surface area (Å²) >= 11 is 1.44. The van der Waals surface area contributed by atoms with Gasteiger partial charge < -0.3 is 15.4 Å². The van der Waals surface area contributed by atoms with E-state index in [0.29, 0.717) is 28.7 Å². The first-order valence-corrected chi connectivity index (χ1v) is 7.52. The highest BCUT2D eigenvalue weighted by molar-refractivity contribution is 7.19. The Hall–Kier alpha value is -1.23. The topological polar surface area (TPSA) is 55.6 Å². The van der Waals surface area contributed by atoms with Crippen LogP contribution in [0.25, 0.3) is 0 Å². The number of nitrogen functional groups attached to an aromatic ring is 1. The van der Waals surface area contributed by atoms with Crippen LogP contribution in [0.15, 0.2) is 0 Å². The van der Waals surface area contributed by atoms with Gasteiger partial charge in [-0.2, -0.15) is 0 Å². The highest BCUT2D eigenvalue weighted by Crippen LogP contribution is 2.45. The number of thiophene rings is 1. The van der Waals surface area contributed by atoms with Gasteiger partial charge in [-0.3, -0.25) is 4.79 Å². The van der Waals surface area contributed by atoms with E-state index in [-0.39, 0.29) is 5.78 Å². The summed E-state index contributed by atoms with van der Waals surface area (Å²) in [7, 11) is 1.60. The molecule has 0 aromatic carbocycles. The highest BCUT2D eigenvalue weighted by atomic mass is 32.1. The van der Waals surface area contributed by atoms with Crippen LogP contribution in [0.4, 0.5) is 10.7 Å². The Kier molecular flexibility index (Phi) is 5.66. The molecule has 1 heterocycles. The summed E-state index contributed by atoms with van der Waals surface area (Å²) in [5.74, 6) is 1.26. The standard InChI is InChI=1S/C14H24N2O2S/c1-6-10(17)13-11(15)12(18-5)14(19-13)16(7-2)8-9(3)4/h9H,6-8,15H2,1-5H3. The molecule has 2 N–H and O–H groups in total. The fraction of sp³-hybridized carbons (Fsp3) is 0.643. The lowest BCUT2D eigenvalue weighted by Crippen LogP contribution is -2.26. The maximum Gasteiger partial charge on any atom is 0.177 e. The molecule has 108 valence electrons. The average Bonchev–Trinajstić information content (AvgIpc) is 2.71. The van der Waals surface area contributed by atoms with Crippen molar-refractivity contribution < 1.29 is 9.53 Å². The number of nitrogens with two attached hydrogens (primary N) is 1. The molecule has 0 aliphatic heterocycles. The number of hydrogen-bond donors (Lipinski definition) is 1. The van der Waals surface area contributed by atoms with Crippen molar-refractivity contribution >= 4 is 27.8 Å². The van der Waals surface area contributed by atoms with Crippen LogP contribution in [0.1, 0.15) is 43.8 Å². The number of ether oxygens (including phenoxy) is 1. The van der Waals surface area contributed by atoms with E-state index < -0.39 is 0 Å². The molecule has 1 aromatic heterocycles. The zero-order valence-corrected chi connectivity index (χ0v) is 13.3. The molecular weight excluding hydrogens is 260 g/mol. The fourth-order valence-corrected chi connectivity index (χ4v) is 3.26. The Bertz CT molecular complexity index is 441. The van der Waals surface area contributed by atoms with E-state index in [2.05, 4.69) is 25.7 Å². The first-order valence-electron chi connectivity index (χ1n) is 6.70. The Morgan fingerprint density at radius 3 is 2.47 bits per heavy atom. The van der Waals surface area contributed by atoms with E-state index >= 15 is 0 Å². The number of methoxy groups -OCH3 is 1. The molecule has 0 unspecified atom stereocenters. The number of hydrogen-bond acceptors (Lipinski definition) is 5. The zero-order chi connectivity index (χ0) is 14.6. The summed E-state index contributed by atoms with van der Waals surface area (Å²) in [6, 6.07) is 0. The van der Waals surface area contributed by atoms with E-state index in [9.17, 15) is 4.79 Å². The molecule has 1 aromatic rings. The summed E-state index contributed by atoms with van der Waals surface area (Å²) < 4.78 is 5.41. The molecule has 0 aliphatic carbocycles. The van der Waals surface area contributed by atoms with Gasteiger partial charge in [0, 0.05) is 19.5 Å². The first-order chi connectivity index (χ1) is 8.96. The maximum atomic E-state index is 11.9. The highest BCUT2D eigenvalue weighted by Gasteiger charge is 2.24. The van der Waals surface area contributed by atoms with Crippen LogP contribution < -0.4 is 15.4 Å². The van der Waals surface area contributed by atoms with Crippen molar-refractivity contribution in [3.63, 3.8) is 0 Å². The monoisotopic (exact) mass is 284 g/mol. The van der Waals surface area contributed by atoms with E-state index in [1.54, 1.807) is 7.11 Å². The number of Topliss-reactive ketones (excluding diaryl/α,β-unsaturated/α-hetero) is 1. The van der Waals surface area contributed by atoms with Crippen molar-refractivity contribution in [1.29, 1.82) is 0 Å². The SMILES string of the molecule is CCC(=O)c1sc(N(CC)CC(C)C)c(OC)c1N. The molecule has 0 aliphatic rings. The third kappa shape index (κ3) is 3.41. The van der Waals surface area contributed by atoms with Gasteiger partial charge in [0.1, 0.15) is 5.00 Å². The van der Waals surface area contributed by atoms with Crippen molar-refractivity contribution in [2.45, 2.75) is 34.1 Å². The summed E-state index contributed by atoms with van der Waals surface area (Å²) in [5, 5.41) is 0.966. The van der Waals surface area contributed by atoms with Crippen LogP contribution in [0.3, 0.4) is 0 Å². The zero-order valence-electron chi connectivity index (χ0n) is 12.4. The van der Waals surface area contributed by atoms with Crippen molar-refractivity contribution in [3.05, 3.63) is 4.88 Å². The molecule has 0 spiro atoms. The normalized spacial score (nSPS) is 10.8. The van der Waals surface area contributed by atoms with Gasteiger partial charge in [0.05, 0.1) is 17.7 Å². The van der Waals surface area contributed by atoms with Gasteiger partial charge in [-0.1, -0.05) is 20.8 Å². The smallest absolute Gasteiger partial charge is 0.177 e. The van der Waals surface area contributed by atoms with Crippen LogP contribution in [0.2, 0.25) is 0 Å². The van der Waals surface area contributed by atoms with Crippen LogP contribution in [-0.4, -0.2) is 26.0 Å². The molecule has 0 radical (unpaired) electrons. The number of nitrogens with zero attached hydrogens (tertiary/aromatic N) is 1. The predicted molar refractivity (Wildman–Crippen MR) is 82.6 cm³/mol. The molecule has 0 fully saturated rings. The van der Waals surface area contributed by atoms with Gasteiger partial charge in [-0.25, -0.2) is 0 Å². The number of carbonyl (C=O) groups excluding carboxylic acids is 1. The lowest BCUT2D eigenvalue weighted by atomic mass is 10.2. The lowest BCUT2D eigenvalue weighted by Gasteiger charge is -2.24. The van der Waals surface area contributed by atoms with Crippen molar-refractivity contribution in [2.24, 2.45) is 5.92 Å². The quantitative estimate of drug-likeness (QED) is 0.780. The minimum absolute atomic E-state index is 0.0765. The number of rotatable bonds is 7. The summed E-state index contributed by atoms with van der Waals surface area (Å²) in [5.41, 5.74) is 6.54. The molecule has 0 saturated carbocycles. The van der Waals surface area contributed by atoms with Gasteiger partial charge in [-0.15, -0.1) is 11.3 Å². The molecule has 5 heteroatoms. The molecule has 0 amide bonds. The Balaban J connectivity index is 3.22. The second-order valence-electron chi connectivity index (χ2n) is 4.89. The first kappa shape index (κ1) is 15.8. The molecule has 0 bridgehead atoms. The largest absolute Gasteiger partial charge is 0.492 e. The van der Waals surface area contributed by atoms with Crippen molar-refractivity contribution in [3.8, 4) is 5.75 Å². The third-order valence-electron chi connectivity index (χ3n) is 2.92. The van der Waals surface area contributed by atoms with Gasteiger partial charge >= 0.3 is 0 Å². The van der Waals surface area contributed by atoms with E-state index in [4.69, 9.17) is 10.5 Å². The van der Waals surface area contributed by atoms with Gasteiger partial charge in [0.15, 0.2) is 11.5 Å². The lowest BCUT2D eigenvalue weighted by molar-refractivity contribution is 0.0992. The van der Waals surface area contributed by atoms with Gasteiger partial charge in [0.25, 0.3) is 0 Å². The minimum Gasteiger partial charge on any atom is -0.492 e. The molecular formula is C14H24N2O2S. The summed E-state index contributed by atoms with van der Waals surface area (Å²) in [6.45, 7) is 10.1. The number of carbonyl (C=O) groups is 1. The molecule has 19 heavy (non-hydrogen) atoms. The molecule has 4 nitrogen and oxygen atoms in total. The Morgan fingerprint density at radius 1 is 1.42 bits per heavy atom. The predicted octanol–water partition coefficient (Wildman–Crippen LogP) is 3.41. The molecule has 1 rings (SSSR count). The number of ketones is 1. The Morgan fingerprint density at radius 2 is 2.05 bits per heavy atom. The summed E-state index contributed by atoms with van der Waals surface area (Å²) in [4.78, 5) is 14.7. The van der Waals surface area contributed by atoms with Gasteiger partial charge in [0.2, 0.25) is 0 Å². The number of anilines is 2. The maximum absolute atomic E-state index is 11.9. The van der Waals surface area contributed by atoms with Crippen LogP contribution in [-0.2, 0) is 0 Å². The summed E-state index contributed by atoms with van der Waals surface area (Å²) in [6.07, 6.45) is 0.462. The fourth-order valence-electron chi connectivity index (χ4n) is 1.99. The van der Waals surface area contributed by atoms with E-state index in [0.717, 1.165) is 18.1 Å². The van der Waals surface area contributed by atoms with Gasteiger partial charge in [-0.05, 0) is 12.8 Å².